The Bertz CT molecular complexity index is 1310. The van der Waals surface area contributed by atoms with Gasteiger partial charge in [-0.05, 0) is 24.3 Å². The third-order valence-electron chi connectivity index (χ3n) is 4.88. The molecule has 0 fully saturated rings. The number of aromatic nitrogens is 5. The predicted molar refractivity (Wildman–Crippen MR) is 111 cm³/mol. The summed E-state index contributed by atoms with van der Waals surface area (Å²) in [6.07, 6.45) is -1.69. The predicted octanol–water partition coefficient (Wildman–Crippen LogP) is 3.52. The van der Waals surface area contributed by atoms with Gasteiger partial charge in [0.2, 0.25) is 5.82 Å². The molecule has 0 radical (unpaired) electrons. The number of halogens is 3. The average Bonchev–Trinajstić information content (AvgIpc) is 3.42. The molecule has 33 heavy (non-hydrogen) atoms. The van der Waals surface area contributed by atoms with E-state index in [1.165, 1.54) is 23.2 Å². The summed E-state index contributed by atoms with van der Waals surface area (Å²) < 4.78 is 49.6. The Labute approximate surface area is 185 Å². The fraction of sp³-hybridized carbons (Fsp3) is 0.286. The van der Waals surface area contributed by atoms with Crippen molar-refractivity contribution in [2.24, 2.45) is 0 Å². The minimum absolute atomic E-state index is 0.165. The number of carbonyl (C=O) groups is 1. The number of amides is 1. The molecule has 0 bridgehead atoms. The Morgan fingerprint density at radius 2 is 1.94 bits per heavy atom. The number of hydrogen-bond donors (Lipinski definition) is 0. The third kappa shape index (κ3) is 4.42. The van der Waals surface area contributed by atoms with Gasteiger partial charge in [-0.1, -0.05) is 5.16 Å². The van der Waals surface area contributed by atoms with Crippen molar-refractivity contribution in [1.82, 2.24) is 29.6 Å². The molecule has 12 heteroatoms. The van der Waals surface area contributed by atoms with E-state index in [9.17, 15) is 18.0 Å². The molecule has 0 saturated heterocycles. The second-order valence-electron chi connectivity index (χ2n) is 7.35. The van der Waals surface area contributed by atoms with E-state index in [2.05, 4.69) is 24.6 Å². The maximum absolute atomic E-state index is 12.8. The average molecular weight is 460 g/mol. The molecule has 0 saturated carbocycles. The molecule has 172 valence electrons. The van der Waals surface area contributed by atoms with E-state index >= 15 is 0 Å². The van der Waals surface area contributed by atoms with Crippen LogP contribution in [0, 0.1) is 0 Å². The first-order chi connectivity index (χ1) is 15.7. The normalized spacial score (nSPS) is 11.8. The van der Waals surface area contributed by atoms with Crippen LogP contribution in [0.15, 0.2) is 41.2 Å². The van der Waals surface area contributed by atoms with Gasteiger partial charge in [0.25, 0.3) is 5.91 Å². The van der Waals surface area contributed by atoms with Crippen molar-refractivity contribution in [3.05, 3.63) is 48.2 Å². The van der Waals surface area contributed by atoms with Crippen LogP contribution in [0.4, 0.5) is 13.2 Å². The molecular formula is C21H19F3N6O3. The zero-order valence-corrected chi connectivity index (χ0v) is 17.9. The molecule has 4 heterocycles. The fourth-order valence-electron chi connectivity index (χ4n) is 3.30. The quantitative estimate of drug-likeness (QED) is 0.434. The molecule has 0 spiro atoms. The molecule has 4 rings (SSSR count). The van der Waals surface area contributed by atoms with Gasteiger partial charge in [-0.15, -0.1) is 0 Å². The van der Waals surface area contributed by atoms with Crippen LogP contribution < -0.4 is 0 Å². The first kappa shape index (κ1) is 22.4. The van der Waals surface area contributed by atoms with Crippen LogP contribution in [0.1, 0.15) is 16.4 Å². The van der Waals surface area contributed by atoms with Crippen LogP contribution >= 0.6 is 0 Å². The lowest BCUT2D eigenvalue weighted by Gasteiger charge is -2.13. The van der Waals surface area contributed by atoms with Gasteiger partial charge in [0.15, 0.2) is 0 Å². The van der Waals surface area contributed by atoms with Crippen molar-refractivity contribution < 1.29 is 27.2 Å². The summed E-state index contributed by atoms with van der Waals surface area (Å²) >= 11 is 0. The molecule has 0 aliphatic rings. The first-order valence-corrected chi connectivity index (χ1v) is 9.76. The number of methoxy groups -OCH3 is 1. The van der Waals surface area contributed by atoms with Crippen molar-refractivity contribution in [2.75, 3.05) is 27.8 Å². The number of hydrogen-bond acceptors (Lipinski definition) is 7. The van der Waals surface area contributed by atoms with Crippen molar-refractivity contribution in [3.63, 3.8) is 0 Å². The maximum atomic E-state index is 12.8. The van der Waals surface area contributed by atoms with Gasteiger partial charge in [-0.2, -0.15) is 18.2 Å². The van der Waals surface area contributed by atoms with Crippen LogP contribution in [0.25, 0.3) is 33.7 Å². The molecule has 4 aromatic heterocycles. The Morgan fingerprint density at radius 3 is 2.61 bits per heavy atom. The highest BCUT2D eigenvalue weighted by molar-refractivity contribution is 5.99. The number of fused-ring (bicyclic) bond motifs is 1. The molecule has 4 aromatic rings. The number of carbonyl (C=O) groups excluding carboxylic acids is 1. The summed E-state index contributed by atoms with van der Waals surface area (Å²) in [6.45, 7) is 0.872. The van der Waals surface area contributed by atoms with Gasteiger partial charge >= 0.3 is 12.1 Å². The minimum atomic E-state index is -4.73. The smallest absolute Gasteiger partial charge is 0.383 e. The van der Waals surface area contributed by atoms with E-state index in [0.717, 1.165) is 10.9 Å². The molecule has 0 aromatic carbocycles. The van der Waals surface area contributed by atoms with Gasteiger partial charge in [0.05, 0.1) is 29.7 Å². The molecule has 9 nitrogen and oxygen atoms in total. The fourth-order valence-corrected chi connectivity index (χ4v) is 3.30. The summed E-state index contributed by atoms with van der Waals surface area (Å²) in [5, 5.41) is 4.16. The minimum Gasteiger partial charge on any atom is -0.383 e. The third-order valence-corrected chi connectivity index (χ3v) is 4.88. The summed E-state index contributed by atoms with van der Waals surface area (Å²) in [7, 11) is 4.92. The van der Waals surface area contributed by atoms with Crippen LogP contribution in [-0.4, -0.2) is 63.3 Å². The number of nitrogens with zero attached hydrogens (tertiary/aromatic N) is 6. The van der Waals surface area contributed by atoms with E-state index in [4.69, 9.17) is 4.74 Å². The van der Waals surface area contributed by atoms with Gasteiger partial charge in [0, 0.05) is 44.9 Å². The van der Waals surface area contributed by atoms with Crippen molar-refractivity contribution in [3.8, 4) is 22.8 Å². The Morgan fingerprint density at radius 1 is 1.18 bits per heavy atom. The van der Waals surface area contributed by atoms with E-state index in [-0.39, 0.29) is 11.7 Å². The standard InChI is InChI=1S/C21H19F3N6O3/c1-29(2)19(31)16-10-13-9-15(26-11-17(13)30(16)6-7-32-3)14-8-12(4-5-25-14)18-27-20(33-28-18)21(22,23)24/h4-5,8-11H,6-7H2,1-3H3. The van der Waals surface area contributed by atoms with Crippen LogP contribution in [-0.2, 0) is 17.5 Å². The number of pyridine rings is 2. The maximum Gasteiger partial charge on any atom is 0.471 e. The number of ether oxygens (including phenoxy) is 1. The summed E-state index contributed by atoms with van der Waals surface area (Å²) in [5.74, 6) is -1.80. The molecule has 0 unspecified atom stereocenters. The van der Waals surface area contributed by atoms with Gasteiger partial charge in [0.1, 0.15) is 5.69 Å². The molecule has 1 amide bonds. The Kier molecular flexibility index (Phi) is 5.85. The molecule has 0 aliphatic heterocycles. The number of alkyl halides is 3. The molecule has 0 atom stereocenters. The first-order valence-electron chi connectivity index (χ1n) is 9.76. The molecule has 0 aliphatic carbocycles. The monoisotopic (exact) mass is 460 g/mol. The highest BCUT2D eigenvalue weighted by Crippen LogP contribution is 2.30. The Hall–Kier alpha value is -3.80. The largest absolute Gasteiger partial charge is 0.471 e. The highest BCUT2D eigenvalue weighted by Gasteiger charge is 2.38. The van der Waals surface area contributed by atoms with E-state index in [1.54, 1.807) is 39.5 Å². The lowest BCUT2D eigenvalue weighted by atomic mass is 10.1. The topological polar surface area (TPSA) is 99.2 Å². The van der Waals surface area contributed by atoms with Gasteiger partial charge in [-0.3, -0.25) is 14.8 Å². The molecule has 0 N–H and O–H groups in total. The summed E-state index contributed by atoms with van der Waals surface area (Å²) in [4.78, 5) is 26.3. The van der Waals surface area contributed by atoms with Crippen LogP contribution in [0.3, 0.4) is 0 Å². The van der Waals surface area contributed by atoms with E-state index < -0.39 is 12.1 Å². The zero-order chi connectivity index (χ0) is 23.8. The zero-order valence-electron chi connectivity index (χ0n) is 17.9. The lowest BCUT2D eigenvalue weighted by molar-refractivity contribution is -0.159. The second kappa shape index (κ2) is 8.62. The molecular weight excluding hydrogens is 441 g/mol. The van der Waals surface area contributed by atoms with E-state index in [1.807, 2.05) is 4.57 Å². The number of rotatable bonds is 6. The highest BCUT2D eigenvalue weighted by atomic mass is 19.4. The van der Waals surface area contributed by atoms with Crippen molar-refractivity contribution >= 4 is 16.8 Å². The van der Waals surface area contributed by atoms with Crippen LogP contribution in [0.2, 0.25) is 0 Å². The second-order valence-corrected chi connectivity index (χ2v) is 7.35. The summed E-state index contributed by atoms with van der Waals surface area (Å²) in [5.41, 5.74) is 2.39. The van der Waals surface area contributed by atoms with Gasteiger partial charge < -0.3 is 18.7 Å². The van der Waals surface area contributed by atoms with Crippen LogP contribution in [0.5, 0.6) is 0 Å². The van der Waals surface area contributed by atoms with E-state index in [0.29, 0.717) is 35.8 Å². The lowest BCUT2D eigenvalue weighted by Crippen LogP contribution is -2.25. The van der Waals surface area contributed by atoms with Crippen molar-refractivity contribution in [2.45, 2.75) is 12.7 Å². The SMILES string of the molecule is COCCn1c(C(=O)N(C)C)cc2cc(-c3cc(-c4noc(C(F)(F)F)n4)ccn3)ncc21. The Balaban J connectivity index is 1.74. The van der Waals surface area contributed by atoms with Gasteiger partial charge in [-0.25, -0.2) is 0 Å². The summed E-state index contributed by atoms with van der Waals surface area (Å²) in [6, 6.07) is 6.51. The van der Waals surface area contributed by atoms with Crippen molar-refractivity contribution in [1.29, 1.82) is 0 Å².